The largest absolute Gasteiger partial charge is 0.495 e. The summed E-state index contributed by atoms with van der Waals surface area (Å²) < 4.78 is 6.36. The van der Waals surface area contributed by atoms with Crippen LogP contribution >= 0.6 is 15.9 Å². The summed E-state index contributed by atoms with van der Waals surface area (Å²) in [5, 5.41) is 5.01. The van der Waals surface area contributed by atoms with Crippen molar-refractivity contribution in [2.24, 2.45) is 0 Å². The standard InChI is InChI=1S/C19H23BrN2O2/c1-4-16(14-6-8-15(20)9-7-14)21-12-19(23)22-17-11-13(2)5-10-18(17)24-3/h5-11,16,21H,4,12H2,1-3H3,(H,22,23)/p+1/t16-/m0/s1. The molecule has 0 aliphatic rings. The SMILES string of the molecule is CC[C@H]([NH2+]CC(=O)Nc1cc(C)ccc1OC)c1ccc(Br)cc1. The number of nitrogens with one attached hydrogen (secondary N) is 1. The highest BCUT2D eigenvalue weighted by Crippen LogP contribution is 2.25. The number of hydrogen-bond donors (Lipinski definition) is 2. The Labute approximate surface area is 151 Å². The number of rotatable bonds is 7. The minimum absolute atomic E-state index is 0.0329. The van der Waals surface area contributed by atoms with Crippen LogP contribution in [0.1, 0.15) is 30.5 Å². The molecule has 1 atom stereocenters. The summed E-state index contributed by atoms with van der Waals surface area (Å²) in [6.07, 6.45) is 0.961. The first-order valence-electron chi connectivity index (χ1n) is 8.06. The molecule has 0 radical (unpaired) electrons. The van der Waals surface area contributed by atoms with Gasteiger partial charge in [0.05, 0.1) is 12.8 Å². The van der Waals surface area contributed by atoms with Gasteiger partial charge < -0.3 is 15.4 Å². The maximum absolute atomic E-state index is 12.3. The number of benzene rings is 2. The van der Waals surface area contributed by atoms with E-state index in [2.05, 4.69) is 45.6 Å². The van der Waals surface area contributed by atoms with Crippen LogP contribution < -0.4 is 15.4 Å². The predicted molar refractivity (Wildman–Crippen MR) is 100 cm³/mol. The minimum atomic E-state index is -0.0329. The number of halogens is 1. The van der Waals surface area contributed by atoms with E-state index in [1.165, 1.54) is 5.56 Å². The third-order valence-corrected chi connectivity index (χ3v) is 4.48. The van der Waals surface area contributed by atoms with Gasteiger partial charge in [-0.2, -0.15) is 0 Å². The van der Waals surface area contributed by atoms with Crippen LogP contribution in [0.4, 0.5) is 5.69 Å². The monoisotopic (exact) mass is 391 g/mol. The molecule has 0 fully saturated rings. The number of methoxy groups -OCH3 is 1. The van der Waals surface area contributed by atoms with E-state index in [0.29, 0.717) is 18.0 Å². The van der Waals surface area contributed by atoms with Crippen LogP contribution in [0.3, 0.4) is 0 Å². The van der Waals surface area contributed by atoms with Crippen LogP contribution in [0.5, 0.6) is 5.75 Å². The number of carbonyl (C=O) groups excluding carboxylic acids is 1. The number of anilines is 1. The molecule has 0 heterocycles. The maximum Gasteiger partial charge on any atom is 0.279 e. The molecule has 1 amide bonds. The number of quaternary nitrogens is 1. The van der Waals surface area contributed by atoms with Gasteiger partial charge in [0.1, 0.15) is 11.8 Å². The summed E-state index contributed by atoms with van der Waals surface area (Å²) in [4.78, 5) is 12.3. The van der Waals surface area contributed by atoms with Gasteiger partial charge in [0.15, 0.2) is 6.54 Å². The molecular weight excluding hydrogens is 368 g/mol. The lowest BCUT2D eigenvalue weighted by atomic mass is 10.0. The lowest BCUT2D eigenvalue weighted by molar-refractivity contribution is -0.686. The molecular formula is C19H24BrN2O2+. The van der Waals surface area contributed by atoms with Crippen LogP contribution in [0, 0.1) is 6.92 Å². The fraction of sp³-hybridized carbons (Fsp3) is 0.316. The summed E-state index contributed by atoms with van der Waals surface area (Å²) in [7, 11) is 1.60. The zero-order valence-corrected chi connectivity index (χ0v) is 15.9. The smallest absolute Gasteiger partial charge is 0.279 e. The number of carbonyl (C=O) groups is 1. The Morgan fingerprint density at radius 1 is 1.25 bits per heavy atom. The first kappa shape index (κ1) is 18.5. The van der Waals surface area contributed by atoms with Gasteiger partial charge in [0.2, 0.25) is 0 Å². The molecule has 0 aromatic heterocycles. The first-order valence-corrected chi connectivity index (χ1v) is 8.86. The second-order valence-corrected chi connectivity index (χ2v) is 6.67. The normalized spacial score (nSPS) is 11.8. The van der Waals surface area contributed by atoms with Crippen LogP contribution in [0.25, 0.3) is 0 Å². The van der Waals surface area contributed by atoms with E-state index in [-0.39, 0.29) is 11.9 Å². The Morgan fingerprint density at radius 2 is 1.96 bits per heavy atom. The molecule has 3 N–H and O–H groups in total. The second kappa shape index (κ2) is 8.85. The van der Waals surface area contributed by atoms with Crippen molar-refractivity contribution in [3.05, 3.63) is 58.1 Å². The Kier molecular flexibility index (Phi) is 6.82. The Hall–Kier alpha value is -1.85. The van der Waals surface area contributed by atoms with Crippen LogP contribution in [0.15, 0.2) is 46.9 Å². The molecule has 2 rings (SSSR count). The second-order valence-electron chi connectivity index (χ2n) is 5.76. The minimum Gasteiger partial charge on any atom is -0.495 e. The van der Waals surface area contributed by atoms with Crippen molar-refractivity contribution in [1.29, 1.82) is 0 Å². The van der Waals surface area contributed by atoms with E-state index in [0.717, 1.165) is 16.5 Å². The van der Waals surface area contributed by atoms with Gasteiger partial charge in [-0.05, 0) is 36.8 Å². The predicted octanol–water partition coefficient (Wildman–Crippen LogP) is 3.42. The molecule has 2 aromatic carbocycles. The molecule has 0 unspecified atom stereocenters. The van der Waals surface area contributed by atoms with Crippen molar-refractivity contribution in [1.82, 2.24) is 0 Å². The lowest BCUT2D eigenvalue weighted by Crippen LogP contribution is -2.87. The summed E-state index contributed by atoms with van der Waals surface area (Å²) in [6.45, 7) is 4.48. The number of hydrogen-bond acceptors (Lipinski definition) is 2. The fourth-order valence-electron chi connectivity index (χ4n) is 2.62. The molecule has 128 valence electrons. The van der Waals surface area contributed by atoms with Gasteiger partial charge in [-0.3, -0.25) is 4.79 Å². The molecule has 0 saturated heterocycles. The topological polar surface area (TPSA) is 54.9 Å². The zero-order valence-electron chi connectivity index (χ0n) is 14.3. The molecule has 0 saturated carbocycles. The van der Waals surface area contributed by atoms with Gasteiger partial charge in [-0.25, -0.2) is 0 Å². The average molecular weight is 392 g/mol. The number of amides is 1. The van der Waals surface area contributed by atoms with Gasteiger partial charge in [-0.15, -0.1) is 0 Å². The first-order chi connectivity index (χ1) is 11.5. The van der Waals surface area contributed by atoms with Crippen LogP contribution in [-0.4, -0.2) is 19.6 Å². The fourth-order valence-corrected chi connectivity index (χ4v) is 2.88. The highest BCUT2D eigenvalue weighted by Gasteiger charge is 2.15. The third-order valence-electron chi connectivity index (χ3n) is 3.95. The van der Waals surface area contributed by atoms with Gasteiger partial charge in [0, 0.05) is 16.5 Å². The highest BCUT2D eigenvalue weighted by molar-refractivity contribution is 9.10. The van der Waals surface area contributed by atoms with Crippen LogP contribution in [-0.2, 0) is 4.79 Å². The Morgan fingerprint density at radius 3 is 2.58 bits per heavy atom. The molecule has 0 spiro atoms. The summed E-state index contributed by atoms with van der Waals surface area (Å²) in [5.41, 5.74) is 3.02. The van der Waals surface area contributed by atoms with Crippen molar-refractivity contribution in [3.8, 4) is 5.75 Å². The van der Waals surface area contributed by atoms with Crippen molar-refractivity contribution in [3.63, 3.8) is 0 Å². The molecule has 5 heteroatoms. The quantitative estimate of drug-likeness (QED) is 0.759. The van der Waals surface area contributed by atoms with E-state index in [1.54, 1.807) is 7.11 Å². The van der Waals surface area contributed by atoms with Crippen molar-refractivity contribution in [2.75, 3.05) is 19.0 Å². The van der Waals surface area contributed by atoms with E-state index in [9.17, 15) is 4.79 Å². The van der Waals surface area contributed by atoms with Crippen molar-refractivity contribution in [2.45, 2.75) is 26.3 Å². The van der Waals surface area contributed by atoms with E-state index in [1.807, 2.05) is 37.3 Å². The van der Waals surface area contributed by atoms with Crippen molar-refractivity contribution >= 4 is 27.5 Å². The third kappa shape index (κ3) is 5.08. The van der Waals surface area contributed by atoms with Gasteiger partial charge in [-0.1, -0.05) is 41.1 Å². The summed E-state index contributed by atoms with van der Waals surface area (Å²) in [5.74, 6) is 0.642. The molecule has 0 aliphatic heterocycles. The number of nitrogens with two attached hydrogens (primary N) is 1. The molecule has 0 aliphatic carbocycles. The lowest BCUT2D eigenvalue weighted by Gasteiger charge is -2.15. The van der Waals surface area contributed by atoms with Gasteiger partial charge >= 0.3 is 0 Å². The zero-order chi connectivity index (χ0) is 17.5. The molecule has 24 heavy (non-hydrogen) atoms. The average Bonchev–Trinajstić information content (AvgIpc) is 2.57. The number of ether oxygens (including phenoxy) is 1. The van der Waals surface area contributed by atoms with E-state index >= 15 is 0 Å². The number of aryl methyl sites for hydroxylation is 1. The molecule has 2 aromatic rings. The Bertz CT molecular complexity index is 686. The molecule has 0 bridgehead atoms. The summed E-state index contributed by atoms with van der Waals surface area (Å²) in [6, 6.07) is 14.3. The van der Waals surface area contributed by atoms with Crippen LogP contribution in [0.2, 0.25) is 0 Å². The summed E-state index contributed by atoms with van der Waals surface area (Å²) >= 11 is 3.45. The van der Waals surface area contributed by atoms with Crippen molar-refractivity contribution < 1.29 is 14.8 Å². The highest BCUT2D eigenvalue weighted by atomic mass is 79.9. The van der Waals surface area contributed by atoms with E-state index < -0.39 is 0 Å². The maximum atomic E-state index is 12.3. The van der Waals surface area contributed by atoms with E-state index in [4.69, 9.17) is 4.74 Å². The van der Waals surface area contributed by atoms with Gasteiger partial charge in [0.25, 0.3) is 5.91 Å². The Balaban J connectivity index is 1.97. The molecule has 4 nitrogen and oxygen atoms in total.